The van der Waals surface area contributed by atoms with Crippen molar-refractivity contribution in [3.63, 3.8) is 0 Å². The first-order valence-electron chi connectivity index (χ1n) is 7.30. The molecule has 1 aliphatic heterocycles. The van der Waals surface area contributed by atoms with Gasteiger partial charge in [-0.3, -0.25) is 14.4 Å². The van der Waals surface area contributed by atoms with Crippen LogP contribution < -0.4 is 0 Å². The number of likely N-dealkylation sites (tertiary alicyclic amines) is 1. The Morgan fingerprint density at radius 2 is 1.90 bits per heavy atom. The Bertz CT molecular complexity index is 501. The van der Waals surface area contributed by atoms with E-state index in [9.17, 15) is 4.79 Å². The van der Waals surface area contributed by atoms with Gasteiger partial charge in [0.1, 0.15) is 0 Å². The molecule has 0 radical (unpaired) electrons. The summed E-state index contributed by atoms with van der Waals surface area (Å²) in [4.78, 5) is 15.1. The Balaban J connectivity index is 2.14. The van der Waals surface area contributed by atoms with Gasteiger partial charge in [-0.05, 0) is 62.6 Å². The van der Waals surface area contributed by atoms with Gasteiger partial charge in [-0.2, -0.15) is 5.10 Å². The maximum absolute atomic E-state index is 12.7. The first-order valence-corrected chi connectivity index (χ1v) is 8.09. The molecule has 0 spiro atoms. The molecular weight excluding hydrogens is 318 g/mol. The summed E-state index contributed by atoms with van der Waals surface area (Å²) >= 11 is 3.54. The van der Waals surface area contributed by atoms with Crippen molar-refractivity contribution in [3.8, 4) is 0 Å². The molecule has 0 atom stereocenters. The van der Waals surface area contributed by atoms with E-state index in [1.165, 1.54) is 19.3 Å². The first kappa shape index (κ1) is 15.7. The van der Waals surface area contributed by atoms with Crippen LogP contribution in [0.1, 0.15) is 44.5 Å². The summed E-state index contributed by atoms with van der Waals surface area (Å²) in [5.74, 6) is 0.267. The number of halogens is 1. The number of nitrogens with zero attached hydrogens (tertiary/aromatic N) is 3. The van der Waals surface area contributed by atoms with Gasteiger partial charge in [0.25, 0.3) is 0 Å². The molecule has 0 aliphatic carbocycles. The molecule has 0 N–H and O–H groups in total. The standard InChI is InChI=1S/C15H24BrN3O/c1-11-14(16)12(18(4)17-11)10-13(20)15(2,3)19-8-6-5-7-9-19/h5-10H2,1-4H3. The fraction of sp³-hybridized carbons (Fsp3) is 0.733. The number of aromatic nitrogens is 2. The zero-order chi connectivity index (χ0) is 14.9. The minimum absolute atomic E-state index is 0.267. The minimum atomic E-state index is -0.391. The number of aryl methyl sites for hydroxylation is 2. The SMILES string of the molecule is Cc1nn(C)c(CC(=O)C(C)(C)N2CCCCC2)c1Br. The van der Waals surface area contributed by atoms with E-state index < -0.39 is 5.54 Å². The van der Waals surface area contributed by atoms with E-state index in [2.05, 4.69) is 39.8 Å². The maximum atomic E-state index is 12.7. The molecule has 0 saturated carbocycles. The smallest absolute Gasteiger partial charge is 0.158 e. The Morgan fingerprint density at radius 1 is 1.30 bits per heavy atom. The summed E-state index contributed by atoms with van der Waals surface area (Å²) in [6, 6.07) is 0. The second-order valence-corrected chi connectivity index (χ2v) is 6.97. The van der Waals surface area contributed by atoms with E-state index in [1.54, 1.807) is 0 Å². The molecule has 2 heterocycles. The topological polar surface area (TPSA) is 38.1 Å². The van der Waals surface area contributed by atoms with Gasteiger partial charge in [0, 0.05) is 7.05 Å². The molecule has 0 aromatic carbocycles. The summed E-state index contributed by atoms with van der Waals surface area (Å²) in [6.07, 6.45) is 4.12. The van der Waals surface area contributed by atoms with E-state index in [4.69, 9.17) is 0 Å². The van der Waals surface area contributed by atoms with Crippen molar-refractivity contribution in [1.29, 1.82) is 0 Å². The quantitative estimate of drug-likeness (QED) is 0.845. The van der Waals surface area contributed by atoms with Crippen molar-refractivity contribution < 1.29 is 4.79 Å². The number of hydrogen-bond acceptors (Lipinski definition) is 3. The number of ketones is 1. The Hall–Kier alpha value is -0.680. The van der Waals surface area contributed by atoms with Gasteiger partial charge in [0.15, 0.2) is 5.78 Å². The highest BCUT2D eigenvalue weighted by Gasteiger charge is 2.35. The number of piperidine rings is 1. The van der Waals surface area contributed by atoms with Gasteiger partial charge >= 0.3 is 0 Å². The summed E-state index contributed by atoms with van der Waals surface area (Å²) in [6.45, 7) is 8.12. The molecule has 1 aromatic heterocycles. The molecule has 1 aromatic rings. The third-order valence-corrected chi connectivity index (χ3v) is 5.45. The van der Waals surface area contributed by atoms with Crippen LogP contribution in [0.15, 0.2) is 4.47 Å². The van der Waals surface area contributed by atoms with Gasteiger partial charge in [0.2, 0.25) is 0 Å². The molecule has 0 bridgehead atoms. The highest BCUT2D eigenvalue weighted by molar-refractivity contribution is 9.10. The third-order valence-electron chi connectivity index (χ3n) is 4.42. The summed E-state index contributed by atoms with van der Waals surface area (Å²) in [5, 5.41) is 4.36. The highest BCUT2D eigenvalue weighted by Crippen LogP contribution is 2.26. The number of carbonyl (C=O) groups excluding carboxylic acids is 1. The molecule has 0 amide bonds. The largest absolute Gasteiger partial charge is 0.297 e. The molecule has 2 rings (SSSR count). The van der Waals surface area contributed by atoms with Crippen LogP contribution in [0, 0.1) is 6.92 Å². The van der Waals surface area contributed by atoms with Crippen LogP contribution in [0.2, 0.25) is 0 Å². The molecule has 4 nitrogen and oxygen atoms in total. The first-order chi connectivity index (χ1) is 9.34. The molecular formula is C15H24BrN3O. The van der Waals surface area contributed by atoms with Crippen molar-refractivity contribution in [2.24, 2.45) is 7.05 Å². The normalized spacial score (nSPS) is 17.4. The van der Waals surface area contributed by atoms with Crippen molar-refractivity contribution in [3.05, 3.63) is 15.9 Å². The second-order valence-electron chi connectivity index (χ2n) is 6.18. The highest BCUT2D eigenvalue weighted by atomic mass is 79.9. The fourth-order valence-corrected chi connectivity index (χ4v) is 3.35. The predicted molar refractivity (Wildman–Crippen MR) is 83.9 cm³/mol. The minimum Gasteiger partial charge on any atom is -0.297 e. The predicted octanol–water partition coefficient (Wildman–Crippen LogP) is 2.87. The average molecular weight is 342 g/mol. The van der Waals surface area contributed by atoms with Crippen molar-refractivity contribution >= 4 is 21.7 Å². The van der Waals surface area contributed by atoms with Crippen LogP contribution >= 0.6 is 15.9 Å². The number of Topliss-reactive ketones (excluding diaryl/α,β-unsaturated/α-hetero) is 1. The van der Waals surface area contributed by atoms with Crippen LogP contribution in [0.3, 0.4) is 0 Å². The lowest BCUT2D eigenvalue weighted by atomic mass is 9.91. The van der Waals surface area contributed by atoms with Gasteiger partial charge in [-0.1, -0.05) is 6.42 Å². The lowest BCUT2D eigenvalue weighted by Gasteiger charge is -2.39. The number of carbonyl (C=O) groups is 1. The van der Waals surface area contributed by atoms with Crippen LogP contribution in [0.4, 0.5) is 0 Å². The lowest BCUT2D eigenvalue weighted by Crippen LogP contribution is -2.52. The third kappa shape index (κ3) is 2.98. The van der Waals surface area contributed by atoms with Crippen LogP contribution in [-0.4, -0.2) is 39.1 Å². The molecule has 112 valence electrons. The number of rotatable bonds is 4. The Labute approximate surface area is 129 Å². The summed E-state index contributed by atoms with van der Waals surface area (Å²) in [5.41, 5.74) is 1.52. The van der Waals surface area contributed by atoms with Crippen molar-refractivity contribution in [1.82, 2.24) is 14.7 Å². The number of hydrogen-bond donors (Lipinski definition) is 0. The van der Waals surface area contributed by atoms with Crippen molar-refractivity contribution in [2.75, 3.05) is 13.1 Å². The zero-order valence-electron chi connectivity index (χ0n) is 12.9. The maximum Gasteiger partial charge on any atom is 0.158 e. The van der Waals surface area contributed by atoms with Gasteiger partial charge in [0.05, 0.1) is 27.8 Å². The summed E-state index contributed by atoms with van der Waals surface area (Å²) < 4.78 is 2.77. The van der Waals surface area contributed by atoms with Crippen LogP contribution in [0.25, 0.3) is 0 Å². The molecule has 20 heavy (non-hydrogen) atoms. The zero-order valence-corrected chi connectivity index (χ0v) is 14.5. The van der Waals surface area contributed by atoms with Crippen LogP contribution in [-0.2, 0) is 18.3 Å². The van der Waals surface area contributed by atoms with Crippen LogP contribution in [0.5, 0.6) is 0 Å². The Kier molecular flexibility index (Phi) is 4.69. The van der Waals surface area contributed by atoms with E-state index >= 15 is 0 Å². The lowest BCUT2D eigenvalue weighted by molar-refractivity contribution is -0.129. The van der Waals surface area contributed by atoms with E-state index in [1.807, 2.05) is 18.7 Å². The fourth-order valence-electron chi connectivity index (χ4n) is 2.87. The molecule has 1 saturated heterocycles. The average Bonchev–Trinajstić information content (AvgIpc) is 2.66. The Morgan fingerprint density at radius 3 is 2.40 bits per heavy atom. The van der Waals surface area contributed by atoms with Crippen molar-refractivity contribution in [2.45, 2.75) is 52.0 Å². The van der Waals surface area contributed by atoms with Gasteiger partial charge < -0.3 is 0 Å². The van der Waals surface area contributed by atoms with E-state index in [0.29, 0.717) is 6.42 Å². The molecule has 1 aliphatic rings. The summed E-state index contributed by atoms with van der Waals surface area (Å²) in [7, 11) is 1.90. The van der Waals surface area contributed by atoms with E-state index in [0.717, 1.165) is 29.0 Å². The molecule has 5 heteroatoms. The second kappa shape index (κ2) is 5.98. The molecule has 1 fully saturated rings. The molecule has 0 unspecified atom stereocenters. The van der Waals surface area contributed by atoms with E-state index in [-0.39, 0.29) is 5.78 Å². The monoisotopic (exact) mass is 341 g/mol. The van der Waals surface area contributed by atoms with Gasteiger partial charge in [-0.15, -0.1) is 0 Å². The van der Waals surface area contributed by atoms with Gasteiger partial charge in [-0.25, -0.2) is 0 Å².